The molecule has 148 valence electrons. The van der Waals surface area contributed by atoms with Gasteiger partial charge in [0.2, 0.25) is 5.91 Å². The van der Waals surface area contributed by atoms with Crippen molar-refractivity contribution in [1.82, 2.24) is 9.80 Å². The quantitative estimate of drug-likeness (QED) is 0.639. The molecular weight excluding hydrogens is 358 g/mol. The van der Waals surface area contributed by atoms with E-state index in [1.807, 2.05) is 25.1 Å². The number of benzene rings is 1. The Morgan fingerprint density at radius 1 is 1.04 bits per heavy atom. The Morgan fingerprint density at radius 2 is 1.79 bits per heavy atom. The van der Waals surface area contributed by atoms with Crippen LogP contribution in [0.1, 0.15) is 50.2 Å². The third kappa shape index (κ3) is 3.30. The van der Waals surface area contributed by atoms with E-state index in [9.17, 15) is 19.2 Å². The standard InChI is InChI=1S/C21H25N3O4/c1-13-5-2-3-8-17(13)24-20(27)19(26)23(21(24)28)12-18(25)22-16-10-9-14-6-4-7-15(14)11-16/h9-11,13,17H,2-8,12H2,1H3,(H,22,25)/t13-,17+/m0/s1. The molecule has 28 heavy (non-hydrogen) atoms. The van der Waals surface area contributed by atoms with Crippen LogP contribution in [0.4, 0.5) is 10.5 Å². The summed E-state index contributed by atoms with van der Waals surface area (Å²) < 4.78 is 0. The molecule has 0 radical (unpaired) electrons. The zero-order valence-electron chi connectivity index (χ0n) is 16.1. The van der Waals surface area contributed by atoms with Gasteiger partial charge >= 0.3 is 17.8 Å². The monoisotopic (exact) mass is 383 g/mol. The van der Waals surface area contributed by atoms with Crippen LogP contribution in [0.25, 0.3) is 0 Å². The van der Waals surface area contributed by atoms with Crippen molar-refractivity contribution in [1.29, 1.82) is 0 Å². The van der Waals surface area contributed by atoms with E-state index in [1.54, 1.807) is 0 Å². The first-order chi connectivity index (χ1) is 13.5. The summed E-state index contributed by atoms with van der Waals surface area (Å²) in [7, 11) is 0. The molecule has 1 aromatic rings. The fraction of sp³-hybridized carbons (Fsp3) is 0.524. The maximum Gasteiger partial charge on any atom is 0.334 e. The van der Waals surface area contributed by atoms with E-state index < -0.39 is 30.3 Å². The highest BCUT2D eigenvalue weighted by molar-refractivity contribution is 6.45. The molecule has 5 amide bonds. The Labute approximate surface area is 164 Å². The Bertz CT molecular complexity index is 850. The fourth-order valence-corrected chi connectivity index (χ4v) is 4.63. The number of aryl methyl sites for hydroxylation is 2. The topological polar surface area (TPSA) is 86.8 Å². The second-order valence-corrected chi connectivity index (χ2v) is 8.06. The van der Waals surface area contributed by atoms with Crippen LogP contribution in [-0.4, -0.2) is 46.1 Å². The number of amides is 5. The number of nitrogens with zero attached hydrogens (tertiary/aromatic N) is 2. The smallest absolute Gasteiger partial charge is 0.325 e. The van der Waals surface area contributed by atoms with Crippen LogP contribution >= 0.6 is 0 Å². The molecule has 2 fully saturated rings. The first kappa shape index (κ1) is 18.7. The molecule has 0 spiro atoms. The summed E-state index contributed by atoms with van der Waals surface area (Å²) in [5.41, 5.74) is 3.17. The van der Waals surface area contributed by atoms with E-state index in [4.69, 9.17) is 0 Å². The highest BCUT2D eigenvalue weighted by Gasteiger charge is 2.49. The van der Waals surface area contributed by atoms with Crippen LogP contribution in [0.2, 0.25) is 0 Å². The minimum atomic E-state index is -0.910. The predicted octanol–water partition coefficient (Wildman–Crippen LogP) is 2.48. The lowest BCUT2D eigenvalue weighted by atomic mass is 9.85. The SMILES string of the molecule is C[C@H]1CCCC[C@H]1N1C(=O)C(=O)N(CC(=O)Nc2ccc3c(c2)CCC3)C1=O. The lowest BCUT2D eigenvalue weighted by Gasteiger charge is -2.34. The van der Waals surface area contributed by atoms with Gasteiger partial charge in [-0.3, -0.25) is 19.3 Å². The van der Waals surface area contributed by atoms with Crippen molar-refractivity contribution >= 4 is 29.4 Å². The van der Waals surface area contributed by atoms with Crippen molar-refractivity contribution in [2.24, 2.45) is 5.92 Å². The lowest BCUT2D eigenvalue weighted by Crippen LogP contribution is -2.46. The Hall–Kier alpha value is -2.70. The summed E-state index contributed by atoms with van der Waals surface area (Å²) >= 11 is 0. The maximum atomic E-state index is 12.7. The molecule has 1 aliphatic heterocycles. The van der Waals surface area contributed by atoms with Gasteiger partial charge in [-0.15, -0.1) is 0 Å². The molecule has 2 aliphatic carbocycles. The molecule has 1 aromatic carbocycles. The van der Waals surface area contributed by atoms with Gasteiger partial charge in [-0.05, 0) is 61.3 Å². The Morgan fingerprint density at radius 3 is 2.57 bits per heavy atom. The van der Waals surface area contributed by atoms with Gasteiger partial charge in [0.1, 0.15) is 6.54 Å². The normalized spacial score (nSPS) is 24.7. The number of carbonyl (C=O) groups excluding carboxylic acids is 4. The molecule has 0 aromatic heterocycles. The van der Waals surface area contributed by atoms with E-state index in [0.717, 1.165) is 48.3 Å². The number of nitrogens with one attached hydrogen (secondary N) is 1. The highest BCUT2D eigenvalue weighted by atomic mass is 16.2. The molecule has 1 heterocycles. The Balaban J connectivity index is 1.44. The average molecular weight is 383 g/mol. The molecular formula is C21H25N3O4. The van der Waals surface area contributed by atoms with Gasteiger partial charge in [-0.1, -0.05) is 25.8 Å². The second-order valence-electron chi connectivity index (χ2n) is 8.06. The van der Waals surface area contributed by atoms with Crippen molar-refractivity contribution in [2.75, 3.05) is 11.9 Å². The van der Waals surface area contributed by atoms with Crippen LogP contribution in [0.3, 0.4) is 0 Å². The number of rotatable bonds is 4. The summed E-state index contributed by atoms with van der Waals surface area (Å²) in [6.45, 7) is 1.55. The van der Waals surface area contributed by atoms with Crippen molar-refractivity contribution in [3.05, 3.63) is 29.3 Å². The maximum absolute atomic E-state index is 12.7. The summed E-state index contributed by atoms with van der Waals surface area (Å²) in [6, 6.07) is 4.84. The van der Waals surface area contributed by atoms with E-state index >= 15 is 0 Å². The first-order valence-electron chi connectivity index (χ1n) is 10.1. The number of fused-ring (bicyclic) bond motifs is 1. The van der Waals surface area contributed by atoms with E-state index in [2.05, 4.69) is 5.32 Å². The van der Waals surface area contributed by atoms with E-state index in [0.29, 0.717) is 12.1 Å². The van der Waals surface area contributed by atoms with Gasteiger partial charge in [-0.25, -0.2) is 9.69 Å². The van der Waals surface area contributed by atoms with Gasteiger partial charge < -0.3 is 5.32 Å². The number of carbonyl (C=O) groups is 4. The molecule has 0 unspecified atom stereocenters. The van der Waals surface area contributed by atoms with Gasteiger partial charge in [0.05, 0.1) is 0 Å². The van der Waals surface area contributed by atoms with Crippen molar-refractivity contribution in [2.45, 2.75) is 57.9 Å². The molecule has 0 bridgehead atoms. The zero-order valence-corrected chi connectivity index (χ0v) is 16.1. The second kappa shape index (κ2) is 7.37. The summed E-state index contributed by atoms with van der Waals surface area (Å²) in [6.07, 6.45) is 6.79. The van der Waals surface area contributed by atoms with Crippen LogP contribution < -0.4 is 5.32 Å². The van der Waals surface area contributed by atoms with Gasteiger partial charge in [0.15, 0.2) is 0 Å². The fourth-order valence-electron chi connectivity index (χ4n) is 4.63. The third-order valence-electron chi connectivity index (χ3n) is 6.17. The van der Waals surface area contributed by atoms with Crippen molar-refractivity contribution in [3.63, 3.8) is 0 Å². The average Bonchev–Trinajstić information content (AvgIpc) is 3.21. The summed E-state index contributed by atoms with van der Waals surface area (Å²) in [5, 5.41) is 2.74. The predicted molar refractivity (Wildman–Crippen MR) is 102 cm³/mol. The Kier molecular flexibility index (Phi) is 4.91. The molecule has 3 aliphatic rings. The summed E-state index contributed by atoms with van der Waals surface area (Å²) in [4.78, 5) is 51.8. The van der Waals surface area contributed by atoms with Gasteiger partial charge in [0, 0.05) is 11.7 Å². The van der Waals surface area contributed by atoms with Crippen LogP contribution in [0.5, 0.6) is 0 Å². The van der Waals surface area contributed by atoms with Crippen LogP contribution in [0.15, 0.2) is 18.2 Å². The molecule has 7 nitrogen and oxygen atoms in total. The number of anilines is 1. The molecule has 4 rings (SSSR count). The van der Waals surface area contributed by atoms with E-state index in [-0.39, 0.29) is 12.0 Å². The van der Waals surface area contributed by atoms with Gasteiger partial charge in [0.25, 0.3) is 0 Å². The largest absolute Gasteiger partial charge is 0.334 e. The minimum Gasteiger partial charge on any atom is -0.325 e. The van der Waals surface area contributed by atoms with Crippen LogP contribution in [0, 0.1) is 5.92 Å². The van der Waals surface area contributed by atoms with Gasteiger partial charge in [-0.2, -0.15) is 0 Å². The molecule has 2 atom stereocenters. The number of hydrogen-bond donors (Lipinski definition) is 1. The molecule has 7 heteroatoms. The number of imide groups is 2. The van der Waals surface area contributed by atoms with Crippen LogP contribution in [-0.2, 0) is 27.2 Å². The number of hydrogen-bond acceptors (Lipinski definition) is 4. The molecule has 1 N–H and O–H groups in total. The third-order valence-corrected chi connectivity index (χ3v) is 6.17. The van der Waals surface area contributed by atoms with E-state index in [1.165, 1.54) is 11.1 Å². The summed E-state index contributed by atoms with van der Waals surface area (Å²) in [5.74, 6) is -2.04. The van der Waals surface area contributed by atoms with Crippen molar-refractivity contribution < 1.29 is 19.2 Å². The zero-order chi connectivity index (χ0) is 19.8. The first-order valence-corrected chi connectivity index (χ1v) is 10.1. The minimum absolute atomic E-state index is 0.162. The lowest BCUT2D eigenvalue weighted by molar-refractivity contribution is -0.145. The van der Waals surface area contributed by atoms with Crippen molar-refractivity contribution in [3.8, 4) is 0 Å². The molecule has 1 saturated carbocycles. The highest BCUT2D eigenvalue weighted by Crippen LogP contribution is 2.31. The number of urea groups is 1. The molecule has 1 saturated heterocycles.